The lowest BCUT2D eigenvalue weighted by Crippen LogP contribution is -2.12. The molecule has 0 saturated heterocycles. The molecule has 90 valence electrons. The van der Waals surface area contributed by atoms with Crippen LogP contribution in [0.25, 0.3) is 0 Å². The molecule has 0 unspecified atom stereocenters. The van der Waals surface area contributed by atoms with Gasteiger partial charge in [-0.3, -0.25) is 9.78 Å². The van der Waals surface area contributed by atoms with Crippen molar-refractivity contribution in [2.24, 2.45) is 5.73 Å². The Bertz CT molecular complexity index is 483. The lowest BCUT2D eigenvalue weighted by Gasteiger charge is -2.10. The van der Waals surface area contributed by atoms with Crippen LogP contribution in [0.3, 0.4) is 0 Å². The fourth-order valence-electron chi connectivity index (χ4n) is 1.44. The molecule has 0 aliphatic heterocycles. The Morgan fingerprint density at radius 3 is 2.71 bits per heavy atom. The molecule has 0 spiro atoms. The van der Waals surface area contributed by atoms with Gasteiger partial charge in [-0.1, -0.05) is 0 Å². The second kappa shape index (κ2) is 5.32. The zero-order valence-electron chi connectivity index (χ0n) is 8.65. The third kappa shape index (κ3) is 2.73. The number of alkyl halides is 2. The van der Waals surface area contributed by atoms with E-state index in [2.05, 4.69) is 4.98 Å². The van der Waals surface area contributed by atoms with Gasteiger partial charge in [-0.25, -0.2) is 8.78 Å². The first kappa shape index (κ1) is 13.0. The van der Waals surface area contributed by atoms with Crippen LogP contribution in [0.4, 0.5) is 8.78 Å². The molecule has 1 rings (SSSR count). The summed E-state index contributed by atoms with van der Waals surface area (Å²) in [5, 5.41) is 17.4. The highest BCUT2D eigenvalue weighted by Crippen LogP contribution is 2.25. The summed E-state index contributed by atoms with van der Waals surface area (Å²) >= 11 is 0. The van der Waals surface area contributed by atoms with Gasteiger partial charge in [-0.15, -0.1) is 0 Å². The summed E-state index contributed by atoms with van der Waals surface area (Å²) in [4.78, 5) is 14.0. The number of carbonyl (C=O) groups is 1. The smallest absolute Gasteiger partial charge is 0.307 e. The van der Waals surface area contributed by atoms with Crippen molar-refractivity contribution in [1.82, 2.24) is 4.98 Å². The van der Waals surface area contributed by atoms with Gasteiger partial charge in [-0.2, -0.15) is 5.26 Å². The molecule has 0 atom stereocenters. The Balaban J connectivity index is 3.38. The Hall–Kier alpha value is -2.07. The quantitative estimate of drug-likeness (QED) is 0.818. The monoisotopic (exact) mass is 241 g/mol. The summed E-state index contributed by atoms with van der Waals surface area (Å²) in [6.07, 6.45) is -2.27. The topological polar surface area (TPSA) is 100 Å². The Morgan fingerprint density at radius 1 is 1.65 bits per heavy atom. The summed E-state index contributed by atoms with van der Waals surface area (Å²) in [5.74, 6) is -1.14. The summed E-state index contributed by atoms with van der Waals surface area (Å²) in [7, 11) is 0. The minimum atomic E-state index is -2.89. The van der Waals surface area contributed by atoms with E-state index in [-0.39, 0.29) is 23.2 Å². The van der Waals surface area contributed by atoms with E-state index in [0.717, 1.165) is 6.20 Å². The van der Waals surface area contributed by atoms with Crippen molar-refractivity contribution in [3.05, 3.63) is 28.6 Å². The van der Waals surface area contributed by atoms with Gasteiger partial charge in [0.15, 0.2) is 0 Å². The molecule has 5 nitrogen and oxygen atoms in total. The largest absolute Gasteiger partial charge is 0.481 e. The van der Waals surface area contributed by atoms with Crippen LogP contribution in [-0.4, -0.2) is 16.1 Å². The maximum absolute atomic E-state index is 12.6. The van der Waals surface area contributed by atoms with E-state index in [1.165, 1.54) is 0 Å². The maximum atomic E-state index is 12.6. The molecule has 0 fully saturated rings. The van der Waals surface area contributed by atoms with Crippen molar-refractivity contribution in [3.63, 3.8) is 0 Å². The molecule has 0 amide bonds. The number of nitrogens with zero attached hydrogens (tertiary/aromatic N) is 2. The van der Waals surface area contributed by atoms with E-state index < -0.39 is 24.5 Å². The van der Waals surface area contributed by atoms with Crippen molar-refractivity contribution in [2.75, 3.05) is 0 Å². The molecule has 1 heterocycles. The van der Waals surface area contributed by atoms with Crippen molar-refractivity contribution >= 4 is 5.97 Å². The lowest BCUT2D eigenvalue weighted by atomic mass is 10.00. The molecule has 17 heavy (non-hydrogen) atoms. The van der Waals surface area contributed by atoms with Gasteiger partial charge in [-0.05, 0) is 11.1 Å². The Kier molecular flexibility index (Phi) is 4.06. The highest BCUT2D eigenvalue weighted by atomic mass is 19.3. The van der Waals surface area contributed by atoms with E-state index in [1.54, 1.807) is 6.07 Å². The molecule has 7 heteroatoms. The van der Waals surface area contributed by atoms with E-state index in [4.69, 9.17) is 16.1 Å². The van der Waals surface area contributed by atoms with E-state index >= 15 is 0 Å². The molecular formula is C10H9F2N3O2. The lowest BCUT2D eigenvalue weighted by molar-refractivity contribution is -0.136. The van der Waals surface area contributed by atoms with Crippen LogP contribution in [0, 0.1) is 11.3 Å². The molecule has 1 aromatic rings. The second-order valence-electron chi connectivity index (χ2n) is 3.21. The first-order chi connectivity index (χ1) is 8.01. The van der Waals surface area contributed by atoms with Crippen LogP contribution >= 0.6 is 0 Å². The molecule has 0 aliphatic carbocycles. The SMILES string of the molecule is N#Cc1c(C(F)F)ncc(CC(=O)O)c1CN. The van der Waals surface area contributed by atoms with Gasteiger partial charge in [0.05, 0.1) is 12.0 Å². The normalized spacial score (nSPS) is 10.3. The highest BCUT2D eigenvalue weighted by Gasteiger charge is 2.20. The highest BCUT2D eigenvalue weighted by molar-refractivity contribution is 5.71. The summed E-state index contributed by atoms with van der Waals surface area (Å²) < 4.78 is 25.1. The summed E-state index contributed by atoms with van der Waals surface area (Å²) in [6, 6.07) is 1.59. The average molecular weight is 241 g/mol. The summed E-state index contributed by atoms with van der Waals surface area (Å²) in [6.45, 7) is -0.187. The van der Waals surface area contributed by atoms with E-state index in [9.17, 15) is 13.6 Å². The third-order valence-corrected chi connectivity index (χ3v) is 2.17. The Morgan fingerprint density at radius 2 is 2.29 bits per heavy atom. The zero-order valence-corrected chi connectivity index (χ0v) is 8.65. The number of carboxylic acid groups (broad SMARTS) is 1. The number of carboxylic acids is 1. The first-order valence-corrected chi connectivity index (χ1v) is 4.62. The van der Waals surface area contributed by atoms with Gasteiger partial charge < -0.3 is 10.8 Å². The fraction of sp³-hybridized carbons (Fsp3) is 0.300. The predicted octanol–water partition coefficient (Wildman–Crippen LogP) is 0.977. The predicted molar refractivity (Wildman–Crippen MR) is 53.1 cm³/mol. The molecular weight excluding hydrogens is 232 g/mol. The number of hydrogen-bond acceptors (Lipinski definition) is 4. The van der Waals surface area contributed by atoms with Gasteiger partial charge in [0, 0.05) is 12.7 Å². The Labute approximate surface area is 95.5 Å². The van der Waals surface area contributed by atoms with Gasteiger partial charge in [0.25, 0.3) is 6.43 Å². The van der Waals surface area contributed by atoms with Crippen molar-refractivity contribution in [2.45, 2.75) is 19.4 Å². The molecule has 0 bridgehead atoms. The molecule has 0 aromatic carbocycles. The number of aromatic nitrogens is 1. The molecule has 0 saturated carbocycles. The van der Waals surface area contributed by atoms with Crippen LogP contribution in [0.2, 0.25) is 0 Å². The van der Waals surface area contributed by atoms with Crippen LogP contribution in [0.15, 0.2) is 6.20 Å². The minimum absolute atomic E-state index is 0.111. The number of rotatable bonds is 4. The maximum Gasteiger partial charge on any atom is 0.307 e. The van der Waals surface area contributed by atoms with Gasteiger partial charge in [0.1, 0.15) is 11.8 Å². The second-order valence-corrected chi connectivity index (χ2v) is 3.21. The van der Waals surface area contributed by atoms with Crippen LogP contribution in [0.1, 0.15) is 28.8 Å². The van der Waals surface area contributed by atoms with Gasteiger partial charge in [0.2, 0.25) is 0 Å². The summed E-state index contributed by atoms with van der Waals surface area (Å²) in [5.41, 5.74) is 4.65. The number of nitriles is 1. The number of nitrogens with two attached hydrogens (primary N) is 1. The molecule has 0 aliphatic rings. The fourth-order valence-corrected chi connectivity index (χ4v) is 1.44. The zero-order chi connectivity index (χ0) is 13.0. The molecule has 0 radical (unpaired) electrons. The van der Waals surface area contributed by atoms with Crippen LogP contribution in [0.5, 0.6) is 0 Å². The van der Waals surface area contributed by atoms with Crippen molar-refractivity contribution in [3.8, 4) is 6.07 Å². The number of aliphatic carboxylic acids is 1. The van der Waals surface area contributed by atoms with E-state index in [1.807, 2.05) is 0 Å². The minimum Gasteiger partial charge on any atom is -0.481 e. The van der Waals surface area contributed by atoms with E-state index in [0.29, 0.717) is 0 Å². The average Bonchev–Trinajstić information content (AvgIpc) is 2.26. The number of hydrogen-bond donors (Lipinski definition) is 2. The molecule has 1 aromatic heterocycles. The molecule has 3 N–H and O–H groups in total. The van der Waals surface area contributed by atoms with Crippen LogP contribution in [-0.2, 0) is 17.8 Å². The van der Waals surface area contributed by atoms with Crippen molar-refractivity contribution in [1.29, 1.82) is 5.26 Å². The van der Waals surface area contributed by atoms with Gasteiger partial charge >= 0.3 is 5.97 Å². The van der Waals surface area contributed by atoms with Crippen molar-refractivity contribution < 1.29 is 18.7 Å². The third-order valence-electron chi connectivity index (χ3n) is 2.17. The number of pyridine rings is 1. The van der Waals surface area contributed by atoms with Crippen LogP contribution < -0.4 is 5.73 Å². The first-order valence-electron chi connectivity index (χ1n) is 4.62. The number of halogens is 2. The standard InChI is InChI=1S/C10H9F2N3O2/c11-10(12)9-7(3-14)6(2-13)5(4-15-9)1-8(16)17/h4,10H,1-2,13H2,(H,16,17).